The van der Waals surface area contributed by atoms with Gasteiger partial charge in [-0.3, -0.25) is 14.9 Å². The lowest BCUT2D eigenvalue weighted by Gasteiger charge is -1.97. The smallest absolute Gasteiger partial charge is 0.270 e. The Morgan fingerprint density at radius 1 is 1.50 bits per heavy atom. The first-order valence-electron chi connectivity index (χ1n) is 4.61. The molecule has 1 heterocycles. The highest BCUT2D eigenvalue weighted by atomic mass is 16.6. The number of nitrogens with one attached hydrogen (secondary N) is 2. The van der Waals surface area contributed by atoms with Crippen LogP contribution in [0.2, 0.25) is 0 Å². The largest absolute Gasteiger partial charge is 0.360 e. The summed E-state index contributed by atoms with van der Waals surface area (Å²) in [4.78, 5) is 24.5. The molecule has 6 nitrogen and oxygen atoms in total. The molecule has 6 heteroatoms. The molecule has 0 radical (unpaired) electrons. The molecule has 2 N–H and O–H groups in total. The van der Waals surface area contributed by atoms with Gasteiger partial charge in [0.2, 0.25) is 0 Å². The van der Waals surface area contributed by atoms with E-state index in [-0.39, 0.29) is 11.6 Å². The quantitative estimate of drug-likeness (QED) is 0.591. The number of carbonyl (C=O) groups is 1. The van der Waals surface area contributed by atoms with Gasteiger partial charge >= 0.3 is 0 Å². The fraction of sp³-hybridized carbons (Fsp3) is 0.100. The Balaban J connectivity index is 2.64. The van der Waals surface area contributed by atoms with Crippen LogP contribution in [0.25, 0.3) is 10.9 Å². The number of nitro groups is 1. The number of non-ortho nitro benzene ring substituents is 1. The molecule has 82 valence electrons. The van der Waals surface area contributed by atoms with Crippen LogP contribution >= 0.6 is 0 Å². The van der Waals surface area contributed by atoms with Crippen molar-refractivity contribution in [1.82, 2.24) is 10.3 Å². The van der Waals surface area contributed by atoms with Crippen molar-refractivity contribution in [3.63, 3.8) is 0 Å². The molecule has 0 aliphatic heterocycles. The number of aromatic nitrogens is 1. The zero-order valence-corrected chi connectivity index (χ0v) is 8.48. The maximum atomic E-state index is 11.5. The minimum Gasteiger partial charge on any atom is -0.360 e. The van der Waals surface area contributed by atoms with E-state index < -0.39 is 4.92 Å². The van der Waals surface area contributed by atoms with Crippen molar-refractivity contribution in [2.45, 2.75) is 0 Å². The topological polar surface area (TPSA) is 88.0 Å². The van der Waals surface area contributed by atoms with Crippen molar-refractivity contribution >= 4 is 22.5 Å². The van der Waals surface area contributed by atoms with Gasteiger partial charge in [-0.2, -0.15) is 0 Å². The monoisotopic (exact) mass is 219 g/mol. The number of amides is 1. The van der Waals surface area contributed by atoms with Gasteiger partial charge in [0.25, 0.3) is 11.6 Å². The molecule has 2 aromatic rings. The van der Waals surface area contributed by atoms with Gasteiger partial charge in [0.05, 0.1) is 10.5 Å². The summed E-state index contributed by atoms with van der Waals surface area (Å²) in [5.74, 6) is -0.272. The molecule has 2 rings (SSSR count). The molecular formula is C10H9N3O3. The van der Waals surface area contributed by atoms with Crippen LogP contribution in [0.5, 0.6) is 0 Å². The molecule has 0 spiro atoms. The maximum absolute atomic E-state index is 11.5. The highest BCUT2D eigenvalue weighted by molar-refractivity contribution is 6.07. The molecule has 0 saturated heterocycles. The number of nitrogens with zero attached hydrogens (tertiary/aromatic N) is 1. The van der Waals surface area contributed by atoms with Crippen molar-refractivity contribution < 1.29 is 9.72 Å². The number of rotatable bonds is 2. The third kappa shape index (κ3) is 1.50. The number of benzene rings is 1. The molecule has 0 aliphatic rings. The van der Waals surface area contributed by atoms with E-state index in [4.69, 9.17) is 0 Å². The Bertz CT molecular complexity index is 574. The lowest BCUT2D eigenvalue weighted by Crippen LogP contribution is -2.17. The van der Waals surface area contributed by atoms with Crippen molar-refractivity contribution in [3.8, 4) is 0 Å². The highest BCUT2D eigenvalue weighted by Gasteiger charge is 2.13. The van der Waals surface area contributed by atoms with E-state index in [1.54, 1.807) is 6.07 Å². The van der Waals surface area contributed by atoms with Gasteiger partial charge in [-0.05, 0) is 6.07 Å². The third-order valence-electron chi connectivity index (χ3n) is 2.35. The summed E-state index contributed by atoms with van der Waals surface area (Å²) in [6.45, 7) is 0. The van der Waals surface area contributed by atoms with Crippen LogP contribution < -0.4 is 5.32 Å². The number of H-pyrrole nitrogens is 1. The SMILES string of the molecule is CNC(=O)c1c[nH]c2ccc([N+](=O)[O-])cc12. The van der Waals surface area contributed by atoms with E-state index in [9.17, 15) is 14.9 Å². The molecule has 0 unspecified atom stereocenters. The second-order valence-corrected chi connectivity index (χ2v) is 3.27. The first-order valence-corrected chi connectivity index (χ1v) is 4.61. The van der Waals surface area contributed by atoms with Crippen LogP contribution in [-0.2, 0) is 0 Å². The molecule has 0 saturated carbocycles. The number of nitro benzene ring substituents is 1. The minimum absolute atomic E-state index is 0.0303. The molecule has 1 aromatic heterocycles. The van der Waals surface area contributed by atoms with Crippen LogP contribution in [-0.4, -0.2) is 22.9 Å². The Morgan fingerprint density at radius 3 is 2.88 bits per heavy atom. The summed E-state index contributed by atoms with van der Waals surface area (Å²) >= 11 is 0. The number of fused-ring (bicyclic) bond motifs is 1. The summed E-state index contributed by atoms with van der Waals surface area (Å²) in [5, 5.41) is 13.6. The fourth-order valence-electron chi connectivity index (χ4n) is 1.54. The average molecular weight is 219 g/mol. The standard InChI is InChI=1S/C10H9N3O3/c1-11-10(14)8-5-12-9-3-2-6(13(15)16)4-7(8)9/h2-5,12H,1H3,(H,11,14). The van der Waals surface area contributed by atoms with Crippen LogP contribution in [0.1, 0.15) is 10.4 Å². The van der Waals surface area contributed by atoms with E-state index in [2.05, 4.69) is 10.3 Å². The van der Waals surface area contributed by atoms with Crippen molar-refractivity contribution in [1.29, 1.82) is 0 Å². The second-order valence-electron chi connectivity index (χ2n) is 3.27. The number of hydrogen-bond acceptors (Lipinski definition) is 3. The highest BCUT2D eigenvalue weighted by Crippen LogP contribution is 2.23. The van der Waals surface area contributed by atoms with Crippen molar-refractivity contribution in [2.75, 3.05) is 7.05 Å². The van der Waals surface area contributed by atoms with E-state index in [0.29, 0.717) is 16.5 Å². The zero-order chi connectivity index (χ0) is 11.7. The first-order chi connectivity index (χ1) is 7.63. The Hall–Kier alpha value is -2.37. The first kappa shape index (κ1) is 10.2. The second kappa shape index (κ2) is 3.65. The molecule has 1 amide bonds. The molecule has 0 fully saturated rings. The van der Waals surface area contributed by atoms with Gasteiger partial charge in [-0.15, -0.1) is 0 Å². The number of aromatic amines is 1. The van der Waals surface area contributed by atoms with Gasteiger partial charge in [-0.25, -0.2) is 0 Å². The number of carbonyl (C=O) groups excluding carboxylic acids is 1. The van der Waals surface area contributed by atoms with Crippen LogP contribution in [0, 0.1) is 10.1 Å². The van der Waals surface area contributed by atoms with Gasteiger partial charge in [-0.1, -0.05) is 0 Å². The predicted molar refractivity (Wildman–Crippen MR) is 58.3 cm³/mol. The summed E-state index contributed by atoms with van der Waals surface area (Å²) in [7, 11) is 1.51. The Kier molecular flexibility index (Phi) is 2.32. The van der Waals surface area contributed by atoms with E-state index in [1.807, 2.05) is 0 Å². The van der Waals surface area contributed by atoms with Gasteiger partial charge in [0.1, 0.15) is 0 Å². The van der Waals surface area contributed by atoms with E-state index >= 15 is 0 Å². The molecule has 16 heavy (non-hydrogen) atoms. The Labute approximate surface area is 90.4 Å². The van der Waals surface area contributed by atoms with Crippen LogP contribution in [0.15, 0.2) is 24.4 Å². The Morgan fingerprint density at radius 2 is 2.25 bits per heavy atom. The summed E-state index contributed by atoms with van der Waals surface area (Å²) in [6.07, 6.45) is 1.53. The molecule has 0 aliphatic carbocycles. The summed E-state index contributed by atoms with van der Waals surface area (Å²) in [6, 6.07) is 4.36. The molecule has 0 atom stereocenters. The van der Waals surface area contributed by atoms with Gasteiger partial charge < -0.3 is 10.3 Å². The third-order valence-corrected chi connectivity index (χ3v) is 2.35. The van der Waals surface area contributed by atoms with Gasteiger partial charge in [0, 0.05) is 36.3 Å². The summed E-state index contributed by atoms with van der Waals surface area (Å²) in [5.41, 5.74) is 1.07. The van der Waals surface area contributed by atoms with E-state index in [0.717, 1.165) is 0 Å². The zero-order valence-electron chi connectivity index (χ0n) is 8.48. The van der Waals surface area contributed by atoms with E-state index in [1.165, 1.54) is 25.4 Å². The van der Waals surface area contributed by atoms with Crippen LogP contribution in [0.4, 0.5) is 5.69 Å². The molecular weight excluding hydrogens is 210 g/mol. The number of hydrogen-bond donors (Lipinski definition) is 2. The average Bonchev–Trinajstić information content (AvgIpc) is 2.70. The van der Waals surface area contributed by atoms with Crippen molar-refractivity contribution in [2.24, 2.45) is 0 Å². The van der Waals surface area contributed by atoms with Crippen LogP contribution in [0.3, 0.4) is 0 Å². The maximum Gasteiger partial charge on any atom is 0.270 e. The lowest BCUT2D eigenvalue weighted by atomic mass is 10.1. The molecule has 0 bridgehead atoms. The summed E-state index contributed by atoms with van der Waals surface area (Å²) < 4.78 is 0. The fourth-order valence-corrected chi connectivity index (χ4v) is 1.54. The molecule has 1 aromatic carbocycles. The lowest BCUT2D eigenvalue weighted by molar-refractivity contribution is -0.384. The van der Waals surface area contributed by atoms with Crippen molar-refractivity contribution in [3.05, 3.63) is 40.1 Å². The minimum atomic E-state index is -0.486. The van der Waals surface area contributed by atoms with Gasteiger partial charge in [0.15, 0.2) is 0 Å². The normalized spacial score (nSPS) is 10.3. The predicted octanol–water partition coefficient (Wildman–Crippen LogP) is 1.44.